The van der Waals surface area contributed by atoms with Crippen LogP contribution in [0, 0.1) is 11.8 Å². The van der Waals surface area contributed by atoms with Crippen LogP contribution < -0.4 is 0 Å². The Morgan fingerprint density at radius 3 is 0.966 bits per heavy atom. The van der Waals surface area contributed by atoms with Crippen molar-refractivity contribution in [2.75, 3.05) is 0 Å². The fourth-order valence-electron chi connectivity index (χ4n) is 1.89. The molecule has 2 atom stereocenters. The summed E-state index contributed by atoms with van der Waals surface area (Å²) in [5.41, 5.74) is -2.74. The molecule has 0 aromatic heterocycles. The van der Waals surface area contributed by atoms with Crippen LogP contribution in [0.25, 0.3) is 0 Å². The van der Waals surface area contributed by atoms with Gasteiger partial charge in [0.15, 0.2) is 5.60 Å². The summed E-state index contributed by atoms with van der Waals surface area (Å²) in [7, 11) is 0. The number of hydrogen-bond acceptors (Lipinski definition) is 8. The number of rotatable bonds is 12. The van der Waals surface area contributed by atoms with Gasteiger partial charge in [-0.25, -0.2) is 4.79 Å². The molecule has 0 bridgehead atoms. The maximum atomic E-state index is 10.6. The number of carboxylic acids is 7. The van der Waals surface area contributed by atoms with Crippen molar-refractivity contribution >= 4 is 41.8 Å². The van der Waals surface area contributed by atoms with Crippen LogP contribution >= 0.6 is 0 Å². The Morgan fingerprint density at radius 1 is 0.552 bits per heavy atom. The zero-order chi connectivity index (χ0) is 23.5. The van der Waals surface area contributed by atoms with Gasteiger partial charge >= 0.3 is 41.8 Å². The van der Waals surface area contributed by atoms with Crippen LogP contribution in [-0.4, -0.2) is 88.2 Å². The molecule has 0 aromatic rings. The number of carboxylic acid groups (broad SMARTS) is 7. The molecule has 0 saturated carbocycles. The van der Waals surface area contributed by atoms with E-state index in [0.29, 0.717) is 0 Å². The standard InChI is InChI=1S/C8H10O8.C6H8O7/c9-5(10)1-3(7(13)14)4(8(15)16)2-6(11)12;7-3(8)1-6(13,5(11)12)2-4(9)10/h3-4H,1-2H2,(H,9,10)(H,11,12)(H,13,14)(H,15,16);13H,1-2H2,(H,7,8)(H,9,10)(H,11,12). The topological polar surface area (TPSA) is 281 Å². The molecule has 8 N–H and O–H groups in total. The predicted octanol–water partition coefficient (Wildman–Crippen LogP) is -1.91. The predicted molar refractivity (Wildman–Crippen MR) is 83.8 cm³/mol. The van der Waals surface area contributed by atoms with Gasteiger partial charge in [0.2, 0.25) is 0 Å². The second-order valence-electron chi connectivity index (χ2n) is 5.56. The third-order valence-electron chi connectivity index (χ3n) is 3.19. The molecule has 0 aliphatic rings. The van der Waals surface area contributed by atoms with E-state index in [1.807, 2.05) is 0 Å². The second-order valence-corrected chi connectivity index (χ2v) is 5.56. The van der Waals surface area contributed by atoms with Crippen molar-refractivity contribution in [2.45, 2.75) is 31.3 Å². The fraction of sp³-hybridized carbons (Fsp3) is 0.500. The lowest BCUT2D eigenvalue weighted by atomic mass is 9.87. The monoisotopic (exact) mass is 426 g/mol. The van der Waals surface area contributed by atoms with Gasteiger partial charge in [0.1, 0.15) is 0 Å². The lowest BCUT2D eigenvalue weighted by Crippen LogP contribution is -2.42. The minimum absolute atomic E-state index is 0.931. The van der Waals surface area contributed by atoms with Crippen molar-refractivity contribution in [3.63, 3.8) is 0 Å². The average molecular weight is 426 g/mol. The highest BCUT2D eigenvalue weighted by Crippen LogP contribution is 2.21. The van der Waals surface area contributed by atoms with E-state index in [1.54, 1.807) is 0 Å². The maximum Gasteiger partial charge on any atom is 0.336 e. The number of aliphatic hydroxyl groups is 1. The van der Waals surface area contributed by atoms with E-state index < -0.39 is 84.9 Å². The molecule has 0 spiro atoms. The summed E-state index contributed by atoms with van der Waals surface area (Å²) < 4.78 is 0. The highest BCUT2D eigenvalue weighted by Gasteiger charge is 2.41. The lowest BCUT2D eigenvalue weighted by molar-refractivity contribution is -0.170. The molecule has 15 nitrogen and oxygen atoms in total. The lowest BCUT2D eigenvalue weighted by Gasteiger charge is -2.18. The second kappa shape index (κ2) is 11.9. The van der Waals surface area contributed by atoms with E-state index in [2.05, 4.69) is 0 Å². The Balaban J connectivity index is 0. The molecule has 0 aliphatic carbocycles. The van der Waals surface area contributed by atoms with Gasteiger partial charge in [0, 0.05) is 0 Å². The molecular formula is C14H18O15. The summed E-state index contributed by atoms with van der Waals surface area (Å²) in [4.78, 5) is 72.4. The Kier molecular flexibility index (Phi) is 11.2. The molecular weight excluding hydrogens is 408 g/mol. The fourth-order valence-corrected chi connectivity index (χ4v) is 1.89. The quantitative estimate of drug-likeness (QED) is 0.169. The summed E-state index contributed by atoms with van der Waals surface area (Å²) in [6.07, 6.45) is -4.15. The normalized spacial score (nSPS) is 12.4. The first-order valence-electron chi connectivity index (χ1n) is 7.32. The summed E-state index contributed by atoms with van der Waals surface area (Å²) in [5.74, 6) is -14.8. The van der Waals surface area contributed by atoms with E-state index >= 15 is 0 Å². The zero-order valence-electron chi connectivity index (χ0n) is 14.4. The van der Waals surface area contributed by atoms with Gasteiger partial charge in [-0.15, -0.1) is 0 Å². The molecule has 0 radical (unpaired) electrons. The summed E-state index contributed by atoms with van der Waals surface area (Å²) >= 11 is 0. The maximum absolute atomic E-state index is 10.6. The average Bonchev–Trinajstić information content (AvgIpc) is 2.48. The first-order chi connectivity index (χ1) is 13.0. The van der Waals surface area contributed by atoms with E-state index in [-0.39, 0.29) is 0 Å². The van der Waals surface area contributed by atoms with Gasteiger partial charge in [0.05, 0.1) is 37.5 Å². The Hall–Kier alpha value is -3.75. The molecule has 0 saturated heterocycles. The van der Waals surface area contributed by atoms with Crippen molar-refractivity contribution < 1.29 is 74.4 Å². The van der Waals surface area contributed by atoms with Gasteiger partial charge in [-0.2, -0.15) is 0 Å². The van der Waals surface area contributed by atoms with Gasteiger partial charge < -0.3 is 40.9 Å². The van der Waals surface area contributed by atoms with Crippen molar-refractivity contribution in [1.29, 1.82) is 0 Å². The minimum atomic E-state index is -2.74. The van der Waals surface area contributed by atoms with Gasteiger partial charge in [-0.1, -0.05) is 0 Å². The Morgan fingerprint density at radius 2 is 0.828 bits per heavy atom. The SMILES string of the molecule is O=C(O)CC(C(=O)O)C(CC(=O)O)C(=O)O.O=C(O)CC(O)(CC(=O)O)C(=O)O. The molecule has 0 heterocycles. The van der Waals surface area contributed by atoms with Crippen LogP contribution in [0.2, 0.25) is 0 Å². The van der Waals surface area contributed by atoms with E-state index in [4.69, 9.17) is 40.9 Å². The molecule has 0 fully saturated rings. The van der Waals surface area contributed by atoms with Crippen molar-refractivity contribution in [3.8, 4) is 0 Å². The van der Waals surface area contributed by atoms with Crippen molar-refractivity contribution in [3.05, 3.63) is 0 Å². The first-order valence-corrected chi connectivity index (χ1v) is 7.32. The molecule has 164 valence electrons. The van der Waals surface area contributed by atoms with Crippen LogP contribution in [0.4, 0.5) is 0 Å². The van der Waals surface area contributed by atoms with Gasteiger partial charge in [-0.3, -0.25) is 28.8 Å². The zero-order valence-corrected chi connectivity index (χ0v) is 14.4. The highest BCUT2D eigenvalue weighted by molar-refractivity contribution is 5.88. The van der Waals surface area contributed by atoms with Gasteiger partial charge in [-0.05, 0) is 0 Å². The summed E-state index contributed by atoms with van der Waals surface area (Å²) in [5, 5.41) is 67.9. The Bertz CT molecular complexity index is 631. The van der Waals surface area contributed by atoms with E-state index in [9.17, 15) is 33.6 Å². The molecule has 0 aromatic carbocycles. The van der Waals surface area contributed by atoms with Gasteiger partial charge in [0.25, 0.3) is 0 Å². The van der Waals surface area contributed by atoms with Crippen LogP contribution in [0.3, 0.4) is 0 Å². The van der Waals surface area contributed by atoms with E-state index in [1.165, 1.54) is 0 Å². The molecule has 0 aliphatic heterocycles. The van der Waals surface area contributed by atoms with Crippen LogP contribution in [0.1, 0.15) is 25.7 Å². The van der Waals surface area contributed by atoms with Crippen LogP contribution in [0.5, 0.6) is 0 Å². The third kappa shape index (κ3) is 11.5. The Labute approximate surface area is 160 Å². The number of aliphatic carboxylic acids is 7. The van der Waals surface area contributed by atoms with Crippen LogP contribution in [-0.2, 0) is 33.6 Å². The van der Waals surface area contributed by atoms with Crippen molar-refractivity contribution in [2.24, 2.45) is 11.8 Å². The number of carbonyl (C=O) groups is 7. The minimum Gasteiger partial charge on any atom is -0.481 e. The molecule has 0 amide bonds. The highest BCUT2D eigenvalue weighted by atomic mass is 16.4. The molecule has 2 unspecified atom stereocenters. The third-order valence-corrected chi connectivity index (χ3v) is 3.19. The van der Waals surface area contributed by atoms with E-state index in [0.717, 1.165) is 0 Å². The summed E-state index contributed by atoms with van der Waals surface area (Å²) in [6.45, 7) is 0. The molecule has 15 heteroatoms. The largest absolute Gasteiger partial charge is 0.481 e. The first kappa shape index (κ1) is 27.5. The molecule has 29 heavy (non-hydrogen) atoms. The number of hydrogen-bond donors (Lipinski definition) is 8. The summed E-state index contributed by atoms with van der Waals surface area (Å²) in [6, 6.07) is 0. The smallest absolute Gasteiger partial charge is 0.336 e. The molecule has 0 rings (SSSR count). The van der Waals surface area contributed by atoms with Crippen LogP contribution in [0.15, 0.2) is 0 Å². The van der Waals surface area contributed by atoms with Crippen molar-refractivity contribution in [1.82, 2.24) is 0 Å².